The zero-order valence-corrected chi connectivity index (χ0v) is 10.9. The van der Waals surface area contributed by atoms with E-state index in [4.69, 9.17) is 0 Å². The van der Waals surface area contributed by atoms with Gasteiger partial charge in [0.15, 0.2) is 5.78 Å². The summed E-state index contributed by atoms with van der Waals surface area (Å²) in [5.41, 5.74) is 1.67. The lowest BCUT2D eigenvalue weighted by Crippen LogP contribution is -2.39. The Hall–Kier alpha value is -1.16. The number of rotatable bonds is 3. The second-order valence-corrected chi connectivity index (χ2v) is 5.19. The molecule has 0 radical (unpaired) electrons. The molecule has 94 valence electrons. The predicted molar refractivity (Wildman–Crippen MR) is 67.3 cm³/mol. The highest BCUT2D eigenvalue weighted by Crippen LogP contribution is 2.26. The molecule has 17 heavy (non-hydrogen) atoms. The molecule has 2 rings (SSSR count). The van der Waals surface area contributed by atoms with Crippen molar-refractivity contribution in [1.82, 2.24) is 15.1 Å². The van der Waals surface area contributed by atoms with Crippen LogP contribution in [-0.2, 0) is 0 Å². The Balaban J connectivity index is 2.08. The number of carbonyl (C=O) groups excluding carboxylic acids is 1. The largest absolute Gasteiger partial charge is 0.300 e. The Kier molecular flexibility index (Phi) is 3.62. The molecule has 0 spiro atoms. The van der Waals surface area contributed by atoms with Gasteiger partial charge in [0.05, 0.1) is 0 Å². The van der Waals surface area contributed by atoms with Crippen molar-refractivity contribution in [3.63, 3.8) is 0 Å². The Morgan fingerprint density at radius 3 is 2.94 bits per heavy atom. The third-order valence-electron chi connectivity index (χ3n) is 3.58. The lowest BCUT2D eigenvalue weighted by Gasteiger charge is -2.34. The number of piperidine rings is 1. The van der Waals surface area contributed by atoms with Gasteiger partial charge in [-0.2, -0.15) is 5.10 Å². The van der Waals surface area contributed by atoms with Crippen LogP contribution in [0.3, 0.4) is 0 Å². The van der Waals surface area contributed by atoms with Crippen LogP contribution in [0, 0.1) is 0 Å². The highest BCUT2D eigenvalue weighted by atomic mass is 16.1. The van der Waals surface area contributed by atoms with Crippen molar-refractivity contribution in [1.29, 1.82) is 0 Å². The molecule has 0 aromatic carbocycles. The summed E-state index contributed by atoms with van der Waals surface area (Å²) in [6.07, 6.45) is 2.40. The molecule has 2 heterocycles. The van der Waals surface area contributed by atoms with Crippen molar-refractivity contribution in [3.05, 3.63) is 17.5 Å². The van der Waals surface area contributed by atoms with Crippen molar-refractivity contribution >= 4 is 5.78 Å². The molecule has 1 aliphatic rings. The van der Waals surface area contributed by atoms with E-state index in [2.05, 4.69) is 28.9 Å². The van der Waals surface area contributed by atoms with Gasteiger partial charge in [-0.25, -0.2) is 0 Å². The maximum atomic E-state index is 11.2. The molecule has 1 aromatic rings. The number of H-pyrrole nitrogens is 1. The number of nitrogens with one attached hydrogen (secondary N) is 1. The van der Waals surface area contributed by atoms with Crippen LogP contribution in [0.15, 0.2) is 6.07 Å². The van der Waals surface area contributed by atoms with Gasteiger partial charge in [0, 0.05) is 31.1 Å². The number of ketones is 1. The monoisotopic (exact) mass is 235 g/mol. The van der Waals surface area contributed by atoms with Crippen molar-refractivity contribution in [2.24, 2.45) is 0 Å². The summed E-state index contributed by atoms with van der Waals surface area (Å²) in [5, 5.41) is 7.09. The van der Waals surface area contributed by atoms with Crippen LogP contribution in [0.5, 0.6) is 0 Å². The third kappa shape index (κ3) is 2.75. The number of hydrogen-bond acceptors (Lipinski definition) is 3. The zero-order valence-electron chi connectivity index (χ0n) is 10.9. The zero-order chi connectivity index (χ0) is 12.4. The lowest BCUT2D eigenvalue weighted by atomic mass is 9.94. The number of aromatic nitrogens is 2. The molecule has 0 bridgehead atoms. The van der Waals surface area contributed by atoms with Gasteiger partial charge in [-0.05, 0) is 39.3 Å². The summed E-state index contributed by atoms with van der Waals surface area (Å²) < 4.78 is 0. The van der Waals surface area contributed by atoms with Gasteiger partial charge in [0.2, 0.25) is 0 Å². The van der Waals surface area contributed by atoms with E-state index < -0.39 is 0 Å². The second-order valence-electron chi connectivity index (χ2n) is 5.19. The fourth-order valence-corrected chi connectivity index (χ4v) is 2.46. The first-order valence-electron chi connectivity index (χ1n) is 6.38. The van der Waals surface area contributed by atoms with Gasteiger partial charge in [-0.3, -0.25) is 9.89 Å². The Labute approximate surface area is 102 Å². The minimum Gasteiger partial charge on any atom is -0.300 e. The molecule has 1 atom stereocenters. The molecule has 0 aliphatic carbocycles. The van der Waals surface area contributed by atoms with E-state index in [9.17, 15) is 4.79 Å². The molecule has 1 N–H and O–H groups in total. The Morgan fingerprint density at radius 2 is 2.35 bits per heavy atom. The highest BCUT2D eigenvalue weighted by Gasteiger charge is 2.24. The first kappa shape index (κ1) is 12.3. The van der Waals surface area contributed by atoms with Gasteiger partial charge in [-0.15, -0.1) is 0 Å². The molecule has 0 amide bonds. The number of aromatic amines is 1. The number of nitrogens with zero attached hydrogens (tertiary/aromatic N) is 2. The van der Waals surface area contributed by atoms with Crippen LogP contribution in [0.1, 0.15) is 55.7 Å². The second kappa shape index (κ2) is 5.00. The van der Waals surface area contributed by atoms with E-state index in [0.717, 1.165) is 12.2 Å². The van der Waals surface area contributed by atoms with Crippen LogP contribution < -0.4 is 0 Å². The van der Waals surface area contributed by atoms with Gasteiger partial charge in [0.1, 0.15) is 5.69 Å². The fraction of sp³-hybridized carbons (Fsp3) is 0.692. The van der Waals surface area contributed by atoms with Crippen molar-refractivity contribution in [3.8, 4) is 0 Å². The number of hydrogen-bond donors (Lipinski definition) is 1. The van der Waals surface area contributed by atoms with Crippen molar-refractivity contribution < 1.29 is 4.79 Å². The first-order valence-corrected chi connectivity index (χ1v) is 6.38. The minimum absolute atomic E-state index is 0.0315. The standard InChI is InChI=1S/C13H21N3O/c1-9(2)16-6-4-5-11(8-16)13-7-12(10(3)17)14-15-13/h7,9,11H,4-6,8H2,1-3H3,(H,14,15). The summed E-state index contributed by atoms with van der Waals surface area (Å²) in [7, 11) is 0. The fourth-order valence-electron chi connectivity index (χ4n) is 2.46. The average Bonchev–Trinajstić information content (AvgIpc) is 2.78. The molecule has 1 aliphatic heterocycles. The summed E-state index contributed by atoms with van der Waals surface area (Å²) >= 11 is 0. The van der Waals surface area contributed by atoms with Crippen molar-refractivity contribution in [2.45, 2.75) is 45.6 Å². The summed E-state index contributed by atoms with van der Waals surface area (Å²) in [6, 6.07) is 2.50. The Morgan fingerprint density at radius 1 is 1.59 bits per heavy atom. The van der Waals surface area contributed by atoms with E-state index >= 15 is 0 Å². The SMILES string of the molecule is CC(=O)c1cc(C2CCCN(C(C)C)C2)[nH]n1. The summed E-state index contributed by atoms with van der Waals surface area (Å²) in [6.45, 7) is 8.27. The number of likely N-dealkylation sites (tertiary alicyclic amines) is 1. The minimum atomic E-state index is 0.0315. The normalized spacial score (nSPS) is 22.0. The quantitative estimate of drug-likeness (QED) is 0.817. The number of carbonyl (C=O) groups is 1. The topological polar surface area (TPSA) is 49.0 Å². The van der Waals surface area contributed by atoms with Crippen LogP contribution in [0.2, 0.25) is 0 Å². The summed E-state index contributed by atoms with van der Waals surface area (Å²) in [4.78, 5) is 13.7. The smallest absolute Gasteiger partial charge is 0.179 e. The van der Waals surface area contributed by atoms with Crippen LogP contribution in [-0.4, -0.2) is 40.0 Å². The van der Waals surface area contributed by atoms with Gasteiger partial charge in [-0.1, -0.05) is 0 Å². The molecule has 1 fully saturated rings. The molecule has 4 heteroatoms. The maximum absolute atomic E-state index is 11.2. The maximum Gasteiger partial charge on any atom is 0.179 e. The number of Topliss-reactive ketones (excluding diaryl/α,β-unsaturated/α-hetero) is 1. The van der Waals surface area contributed by atoms with Gasteiger partial charge in [0.25, 0.3) is 0 Å². The average molecular weight is 235 g/mol. The molecule has 1 saturated heterocycles. The third-order valence-corrected chi connectivity index (χ3v) is 3.58. The van der Waals surface area contributed by atoms with Crippen LogP contribution in [0.25, 0.3) is 0 Å². The van der Waals surface area contributed by atoms with Crippen LogP contribution in [0.4, 0.5) is 0 Å². The van der Waals surface area contributed by atoms with Crippen molar-refractivity contribution in [2.75, 3.05) is 13.1 Å². The van der Waals surface area contributed by atoms with Gasteiger partial charge < -0.3 is 4.90 Å². The van der Waals surface area contributed by atoms with E-state index in [1.807, 2.05) is 6.07 Å². The highest BCUT2D eigenvalue weighted by molar-refractivity contribution is 5.92. The molecule has 1 aromatic heterocycles. The Bertz CT molecular complexity index is 397. The molecular weight excluding hydrogens is 214 g/mol. The van der Waals surface area contributed by atoms with E-state index in [1.165, 1.54) is 19.4 Å². The van der Waals surface area contributed by atoms with Crippen LogP contribution >= 0.6 is 0 Å². The first-order chi connectivity index (χ1) is 8.08. The predicted octanol–water partition coefficient (Wildman–Crippen LogP) is 2.20. The van der Waals surface area contributed by atoms with E-state index in [0.29, 0.717) is 17.7 Å². The van der Waals surface area contributed by atoms with Gasteiger partial charge >= 0.3 is 0 Å². The molecule has 1 unspecified atom stereocenters. The van der Waals surface area contributed by atoms with E-state index in [-0.39, 0.29) is 5.78 Å². The lowest BCUT2D eigenvalue weighted by molar-refractivity contribution is 0.101. The molecule has 0 saturated carbocycles. The molecule has 4 nitrogen and oxygen atoms in total. The van der Waals surface area contributed by atoms with E-state index in [1.54, 1.807) is 6.92 Å². The summed E-state index contributed by atoms with van der Waals surface area (Å²) in [5.74, 6) is 0.524. The molecular formula is C13H21N3O.